The second-order valence-electron chi connectivity index (χ2n) is 6.10. The molecule has 1 aliphatic carbocycles. The van der Waals surface area contributed by atoms with E-state index in [2.05, 4.69) is 49.7 Å². The summed E-state index contributed by atoms with van der Waals surface area (Å²) < 4.78 is 0. The highest BCUT2D eigenvalue weighted by Crippen LogP contribution is 2.43. The molecule has 0 aliphatic heterocycles. The lowest BCUT2D eigenvalue weighted by atomic mass is 9.80. The topological polar surface area (TPSA) is 15.3 Å². The third kappa shape index (κ3) is 2.88. The fraction of sp³-hybridized carbons (Fsp3) is 0.750. The Morgan fingerprint density at radius 1 is 1.21 bits per heavy atom. The lowest BCUT2D eigenvalue weighted by Crippen LogP contribution is -2.52. The molecule has 2 rings (SSSR count). The summed E-state index contributed by atoms with van der Waals surface area (Å²) >= 11 is 1.91. The zero-order valence-electron chi connectivity index (χ0n) is 12.8. The normalized spacial score (nSPS) is 21.3. The van der Waals surface area contributed by atoms with Crippen LogP contribution >= 0.6 is 11.3 Å². The maximum absolute atomic E-state index is 3.63. The van der Waals surface area contributed by atoms with Crippen LogP contribution in [0.3, 0.4) is 0 Å². The summed E-state index contributed by atoms with van der Waals surface area (Å²) in [5, 5.41) is 5.86. The first kappa shape index (κ1) is 15.0. The quantitative estimate of drug-likeness (QED) is 0.840. The number of hydrogen-bond acceptors (Lipinski definition) is 3. The van der Waals surface area contributed by atoms with Gasteiger partial charge in [-0.05, 0) is 57.9 Å². The van der Waals surface area contributed by atoms with Crippen LogP contribution in [0.1, 0.15) is 55.0 Å². The van der Waals surface area contributed by atoms with E-state index in [1.54, 1.807) is 0 Å². The number of rotatable bonds is 4. The van der Waals surface area contributed by atoms with Crippen molar-refractivity contribution in [2.45, 2.75) is 57.0 Å². The summed E-state index contributed by atoms with van der Waals surface area (Å²) in [6.07, 6.45) is 8.14. The molecule has 1 aromatic heterocycles. The highest BCUT2D eigenvalue weighted by molar-refractivity contribution is 7.10. The van der Waals surface area contributed by atoms with Crippen molar-refractivity contribution in [2.75, 3.05) is 21.1 Å². The van der Waals surface area contributed by atoms with E-state index in [1.807, 2.05) is 11.3 Å². The van der Waals surface area contributed by atoms with Crippen LogP contribution in [-0.2, 0) is 0 Å². The molecule has 108 valence electrons. The summed E-state index contributed by atoms with van der Waals surface area (Å²) in [7, 11) is 6.65. The predicted octanol–water partition coefficient (Wildman–Crippen LogP) is 3.97. The Morgan fingerprint density at radius 3 is 2.26 bits per heavy atom. The fourth-order valence-electron chi connectivity index (χ4n) is 3.66. The van der Waals surface area contributed by atoms with Crippen molar-refractivity contribution in [3.05, 3.63) is 21.9 Å². The summed E-state index contributed by atoms with van der Waals surface area (Å²) in [6.45, 7) is 2.25. The van der Waals surface area contributed by atoms with Crippen LogP contribution in [0.25, 0.3) is 0 Å². The van der Waals surface area contributed by atoms with Crippen LogP contribution in [0.4, 0.5) is 0 Å². The van der Waals surface area contributed by atoms with Crippen molar-refractivity contribution in [3.63, 3.8) is 0 Å². The molecule has 1 N–H and O–H groups in total. The van der Waals surface area contributed by atoms with Crippen molar-refractivity contribution in [3.8, 4) is 0 Å². The van der Waals surface area contributed by atoms with Gasteiger partial charge in [-0.3, -0.25) is 0 Å². The molecule has 0 radical (unpaired) electrons. The monoisotopic (exact) mass is 280 g/mol. The Bertz CT molecular complexity index is 389. The third-order valence-electron chi connectivity index (χ3n) is 4.85. The standard InChI is InChI=1S/C16H28N2S/c1-13-9-12-19-14(13)15(17-2)16(18(3)4)10-7-5-6-8-11-16/h9,12,15,17H,5-8,10-11H2,1-4H3. The molecular weight excluding hydrogens is 252 g/mol. The maximum atomic E-state index is 3.63. The zero-order valence-corrected chi connectivity index (χ0v) is 13.6. The van der Waals surface area contributed by atoms with Gasteiger partial charge in [-0.15, -0.1) is 11.3 Å². The number of likely N-dealkylation sites (N-methyl/N-ethyl adjacent to an activating group) is 2. The first-order chi connectivity index (χ1) is 9.12. The van der Waals surface area contributed by atoms with Gasteiger partial charge in [0.25, 0.3) is 0 Å². The number of thiophene rings is 1. The van der Waals surface area contributed by atoms with Gasteiger partial charge in [0.1, 0.15) is 0 Å². The lowest BCUT2D eigenvalue weighted by Gasteiger charge is -2.45. The lowest BCUT2D eigenvalue weighted by molar-refractivity contribution is 0.0847. The molecule has 19 heavy (non-hydrogen) atoms. The number of nitrogens with one attached hydrogen (secondary N) is 1. The molecule has 0 bridgehead atoms. The molecule has 3 heteroatoms. The van der Waals surface area contributed by atoms with Crippen LogP contribution < -0.4 is 5.32 Å². The van der Waals surface area contributed by atoms with E-state index < -0.39 is 0 Å². The van der Waals surface area contributed by atoms with Gasteiger partial charge in [0.05, 0.1) is 6.04 Å². The Balaban J connectivity index is 2.37. The zero-order chi connectivity index (χ0) is 13.9. The first-order valence-electron chi connectivity index (χ1n) is 7.50. The number of nitrogens with zero attached hydrogens (tertiary/aromatic N) is 1. The van der Waals surface area contributed by atoms with Crippen LogP contribution in [-0.4, -0.2) is 31.6 Å². The number of hydrogen-bond donors (Lipinski definition) is 1. The Hall–Kier alpha value is -0.380. The average molecular weight is 280 g/mol. The minimum absolute atomic E-state index is 0.279. The fourth-order valence-corrected chi connectivity index (χ4v) is 4.80. The molecule has 1 aromatic rings. The van der Waals surface area contributed by atoms with E-state index in [-0.39, 0.29) is 5.54 Å². The molecule has 1 saturated carbocycles. The second kappa shape index (κ2) is 6.38. The molecular formula is C16H28N2S. The molecule has 1 heterocycles. The van der Waals surface area contributed by atoms with Gasteiger partial charge in [0.2, 0.25) is 0 Å². The molecule has 1 unspecified atom stereocenters. The van der Waals surface area contributed by atoms with E-state index in [0.29, 0.717) is 6.04 Å². The summed E-state index contributed by atoms with van der Waals surface area (Å²) in [5.74, 6) is 0. The van der Waals surface area contributed by atoms with Crippen LogP contribution in [0.2, 0.25) is 0 Å². The minimum Gasteiger partial charge on any atom is -0.311 e. The first-order valence-corrected chi connectivity index (χ1v) is 8.38. The molecule has 2 nitrogen and oxygen atoms in total. The molecule has 0 aromatic carbocycles. The van der Waals surface area contributed by atoms with E-state index in [9.17, 15) is 0 Å². The van der Waals surface area contributed by atoms with Gasteiger partial charge < -0.3 is 10.2 Å². The Kier molecular flexibility index (Phi) is 5.04. The molecule has 1 atom stereocenters. The molecule has 0 spiro atoms. The van der Waals surface area contributed by atoms with E-state index in [1.165, 1.54) is 49.0 Å². The van der Waals surface area contributed by atoms with Gasteiger partial charge >= 0.3 is 0 Å². The Morgan fingerprint density at radius 2 is 1.84 bits per heavy atom. The van der Waals surface area contributed by atoms with E-state index >= 15 is 0 Å². The van der Waals surface area contributed by atoms with Crippen molar-refractivity contribution in [1.82, 2.24) is 10.2 Å². The Labute approximate surface area is 122 Å². The minimum atomic E-state index is 0.279. The second-order valence-corrected chi connectivity index (χ2v) is 7.05. The van der Waals surface area contributed by atoms with E-state index in [0.717, 1.165) is 0 Å². The van der Waals surface area contributed by atoms with Gasteiger partial charge in [-0.1, -0.05) is 25.7 Å². The molecule has 0 saturated heterocycles. The van der Waals surface area contributed by atoms with Crippen LogP contribution in [0.5, 0.6) is 0 Å². The van der Waals surface area contributed by atoms with E-state index in [4.69, 9.17) is 0 Å². The highest BCUT2D eigenvalue weighted by Gasteiger charge is 2.41. The smallest absolute Gasteiger partial charge is 0.0601 e. The van der Waals surface area contributed by atoms with Crippen molar-refractivity contribution >= 4 is 11.3 Å². The summed E-state index contributed by atoms with van der Waals surface area (Å²) in [4.78, 5) is 4.01. The predicted molar refractivity (Wildman–Crippen MR) is 85.0 cm³/mol. The van der Waals surface area contributed by atoms with Crippen molar-refractivity contribution < 1.29 is 0 Å². The van der Waals surface area contributed by atoms with Crippen LogP contribution in [0.15, 0.2) is 11.4 Å². The maximum Gasteiger partial charge on any atom is 0.0601 e. The summed E-state index contributed by atoms with van der Waals surface area (Å²) in [6, 6.07) is 2.71. The number of aryl methyl sites for hydroxylation is 1. The van der Waals surface area contributed by atoms with Crippen molar-refractivity contribution in [1.29, 1.82) is 0 Å². The highest BCUT2D eigenvalue weighted by atomic mass is 32.1. The largest absolute Gasteiger partial charge is 0.311 e. The van der Waals surface area contributed by atoms with Gasteiger partial charge in [0, 0.05) is 10.4 Å². The van der Waals surface area contributed by atoms with Gasteiger partial charge in [0.15, 0.2) is 0 Å². The van der Waals surface area contributed by atoms with Gasteiger partial charge in [-0.2, -0.15) is 0 Å². The van der Waals surface area contributed by atoms with Crippen molar-refractivity contribution in [2.24, 2.45) is 0 Å². The third-order valence-corrected chi connectivity index (χ3v) is 5.93. The summed E-state index contributed by atoms with van der Waals surface area (Å²) in [5.41, 5.74) is 1.72. The van der Waals surface area contributed by atoms with Crippen LogP contribution in [0, 0.1) is 6.92 Å². The molecule has 0 amide bonds. The SMILES string of the molecule is CNC(c1sccc1C)C1(N(C)C)CCCCCC1. The molecule has 1 fully saturated rings. The molecule has 1 aliphatic rings. The van der Waals surface area contributed by atoms with Gasteiger partial charge in [-0.25, -0.2) is 0 Å². The average Bonchev–Trinajstić information content (AvgIpc) is 2.67.